The van der Waals surface area contributed by atoms with Gasteiger partial charge in [0.1, 0.15) is 0 Å². The molecule has 0 aliphatic rings. The Labute approximate surface area is 123 Å². The van der Waals surface area contributed by atoms with Gasteiger partial charge in [0, 0.05) is 5.38 Å². The summed E-state index contributed by atoms with van der Waals surface area (Å²) in [5.41, 5.74) is 0.716. The van der Waals surface area contributed by atoms with E-state index in [1.807, 2.05) is 19.2 Å². The molecule has 7 heteroatoms. The zero-order chi connectivity index (χ0) is 14.9. The summed E-state index contributed by atoms with van der Waals surface area (Å²) >= 11 is 6.99. The van der Waals surface area contributed by atoms with Gasteiger partial charge in [-0.2, -0.15) is 0 Å². The van der Waals surface area contributed by atoms with E-state index in [2.05, 4.69) is 10.3 Å². The summed E-state index contributed by atoms with van der Waals surface area (Å²) in [4.78, 5) is 16.2. The van der Waals surface area contributed by atoms with Crippen LogP contribution in [-0.2, 0) is 0 Å². The quantitative estimate of drug-likeness (QED) is 0.850. The average molecular weight is 317 g/mol. The second kappa shape index (κ2) is 5.85. The highest BCUT2D eigenvalue weighted by atomic mass is 35.5. The van der Waals surface area contributed by atoms with Crippen LogP contribution in [0, 0.1) is 11.6 Å². The highest BCUT2D eigenvalue weighted by molar-refractivity contribution is 7.14. The van der Waals surface area contributed by atoms with E-state index in [1.54, 1.807) is 0 Å². The molecule has 1 N–H and O–H groups in total. The van der Waals surface area contributed by atoms with Gasteiger partial charge in [-0.25, -0.2) is 13.8 Å². The molecule has 0 unspecified atom stereocenters. The molecule has 2 aromatic rings. The van der Waals surface area contributed by atoms with Crippen molar-refractivity contribution < 1.29 is 13.6 Å². The zero-order valence-electron chi connectivity index (χ0n) is 10.7. The number of thiazole rings is 1. The molecule has 0 bridgehead atoms. The molecule has 0 aliphatic carbocycles. The maximum Gasteiger partial charge on any atom is 0.259 e. The normalized spacial score (nSPS) is 10.9. The number of hydrogen-bond donors (Lipinski definition) is 1. The molecule has 0 atom stereocenters. The SMILES string of the molecule is CC(C)c1csc(NC(=O)c2cc(F)c(F)cc2Cl)n1. The lowest BCUT2D eigenvalue weighted by molar-refractivity contribution is 0.102. The molecule has 106 valence electrons. The molecular weight excluding hydrogens is 306 g/mol. The number of amides is 1. The number of rotatable bonds is 3. The number of carbonyl (C=O) groups excluding carboxylic acids is 1. The van der Waals surface area contributed by atoms with E-state index >= 15 is 0 Å². The number of anilines is 1. The van der Waals surface area contributed by atoms with Crippen molar-refractivity contribution in [1.82, 2.24) is 4.98 Å². The number of carbonyl (C=O) groups is 1. The minimum Gasteiger partial charge on any atom is -0.298 e. The predicted molar refractivity (Wildman–Crippen MR) is 75.5 cm³/mol. The number of aromatic nitrogens is 1. The van der Waals surface area contributed by atoms with Crippen molar-refractivity contribution in [3.05, 3.63) is 45.4 Å². The third kappa shape index (κ3) is 3.13. The first-order chi connectivity index (χ1) is 9.38. The first-order valence-corrected chi connectivity index (χ1v) is 7.05. The molecule has 0 fully saturated rings. The van der Waals surface area contributed by atoms with E-state index < -0.39 is 17.5 Å². The second-order valence-electron chi connectivity index (χ2n) is 4.43. The van der Waals surface area contributed by atoms with Gasteiger partial charge in [-0.3, -0.25) is 10.1 Å². The van der Waals surface area contributed by atoms with Crippen LogP contribution in [0.25, 0.3) is 0 Å². The third-order valence-corrected chi connectivity index (χ3v) is 3.68. The van der Waals surface area contributed by atoms with Gasteiger partial charge in [-0.05, 0) is 18.1 Å². The zero-order valence-corrected chi connectivity index (χ0v) is 12.3. The fraction of sp³-hybridized carbons (Fsp3) is 0.231. The van der Waals surface area contributed by atoms with Gasteiger partial charge >= 0.3 is 0 Å². The fourth-order valence-electron chi connectivity index (χ4n) is 1.47. The second-order valence-corrected chi connectivity index (χ2v) is 5.70. The van der Waals surface area contributed by atoms with Crippen molar-refractivity contribution in [2.45, 2.75) is 19.8 Å². The summed E-state index contributed by atoms with van der Waals surface area (Å²) < 4.78 is 26.1. The van der Waals surface area contributed by atoms with Crippen LogP contribution in [-0.4, -0.2) is 10.9 Å². The number of hydrogen-bond acceptors (Lipinski definition) is 3. The largest absolute Gasteiger partial charge is 0.298 e. The number of nitrogens with one attached hydrogen (secondary N) is 1. The summed E-state index contributed by atoms with van der Waals surface area (Å²) in [6.07, 6.45) is 0. The van der Waals surface area contributed by atoms with E-state index in [4.69, 9.17) is 11.6 Å². The van der Waals surface area contributed by atoms with E-state index in [1.165, 1.54) is 11.3 Å². The van der Waals surface area contributed by atoms with Crippen molar-refractivity contribution >= 4 is 34.0 Å². The van der Waals surface area contributed by atoms with Crippen molar-refractivity contribution in [2.75, 3.05) is 5.32 Å². The Kier molecular flexibility index (Phi) is 4.35. The first-order valence-electron chi connectivity index (χ1n) is 5.79. The molecule has 1 amide bonds. The summed E-state index contributed by atoms with van der Waals surface area (Å²) in [7, 11) is 0. The minimum atomic E-state index is -1.12. The van der Waals surface area contributed by atoms with Crippen molar-refractivity contribution in [3.8, 4) is 0 Å². The van der Waals surface area contributed by atoms with Gasteiger partial charge in [0.15, 0.2) is 16.8 Å². The highest BCUT2D eigenvalue weighted by Crippen LogP contribution is 2.24. The number of halogens is 3. The summed E-state index contributed by atoms with van der Waals surface area (Å²) in [6.45, 7) is 3.96. The Balaban J connectivity index is 2.21. The molecular formula is C13H11ClF2N2OS. The molecule has 1 heterocycles. The predicted octanol–water partition coefficient (Wildman–Crippen LogP) is 4.45. The molecule has 0 spiro atoms. The maximum atomic E-state index is 13.1. The van der Waals surface area contributed by atoms with Gasteiger partial charge in [-0.15, -0.1) is 11.3 Å². The molecule has 0 aliphatic heterocycles. The van der Waals surface area contributed by atoms with Crippen LogP contribution >= 0.6 is 22.9 Å². The number of nitrogens with zero attached hydrogens (tertiary/aromatic N) is 1. The average Bonchev–Trinajstić information content (AvgIpc) is 2.82. The lowest BCUT2D eigenvalue weighted by Crippen LogP contribution is -2.13. The Bertz CT molecular complexity index is 658. The van der Waals surface area contributed by atoms with Crippen LogP contribution in [0.15, 0.2) is 17.5 Å². The van der Waals surface area contributed by atoms with Crippen LogP contribution in [0.3, 0.4) is 0 Å². The Morgan fingerprint density at radius 1 is 1.35 bits per heavy atom. The van der Waals surface area contributed by atoms with E-state index in [9.17, 15) is 13.6 Å². The summed E-state index contributed by atoms with van der Waals surface area (Å²) in [5, 5.41) is 4.58. The first kappa shape index (κ1) is 14.9. The van der Waals surface area contributed by atoms with Crippen LogP contribution in [0.1, 0.15) is 35.8 Å². The topological polar surface area (TPSA) is 42.0 Å². The van der Waals surface area contributed by atoms with Gasteiger partial charge in [0.25, 0.3) is 5.91 Å². The molecule has 0 radical (unpaired) electrons. The molecule has 0 saturated heterocycles. The van der Waals surface area contributed by atoms with Gasteiger partial charge < -0.3 is 0 Å². The minimum absolute atomic E-state index is 0.133. The Morgan fingerprint density at radius 2 is 2.00 bits per heavy atom. The van der Waals surface area contributed by atoms with E-state index in [-0.39, 0.29) is 16.5 Å². The molecule has 20 heavy (non-hydrogen) atoms. The van der Waals surface area contributed by atoms with E-state index in [0.29, 0.717) is 5.13 Å². The van der Waals surface area contributed by atoms with Crippen molar-refractivity contribution in [1.29, 1.82) is 0 Å². The highest BCUT2D eigenvalue weighted by Gasteiger charge is 2.16. The Hall–Kier alpha value is -1.53. The van der Waals surface area contributed by atoms with Crippen LogP contribution < -0.4 is 5.32 Å². The molecule has 3 nitrogen and oxygen atoms in total. The monoisotopic (exact) mass is 316 g/mol. The van der Waals surface area contributed by atoms with Gasteiger partial charge in [-0.1, -0.05) is 25.4 Å². The molecule has 1 aromatic heterocycles. The Morgan fingerprint density at radius 3 is 2.60 bits per heavy atom. The maximum absolute atomic E-state index is 13.1. The van der Waals surface area contributed by atoms with Gasteiger partial charge in [0.2, 0.25) is 0 Å². The molecule has 2 rings (SSSR count). The number of benzene rings is 1. The smallest absolute Gasteiger partial charge is 0.259 e. The lowest BCUT2D eigenvalue weighted by Gasteiger charge is -2.05. The fourth-order valence-corrected chi connectivity index (χ4v) is 2.57. The molecule has 1 aromatic carbocycles. The van der Waals surface area contributed by atoms with Crippen LogP contribution in [0.5, 0.6) is 0 Å². The van der Waals surface area contributed by atoms with Gasteiger partial charge in [0.05, 0.1) is 16.3 Å². The summed E-state index contributed by atoms with van der Waals surface area (Å²) in [5.74, 6) is -2.60. The third-order valence-electron chi connectivity index (χ3n) is 2.59. The summed E-state index contributed by atoms with van der Waals surface area (Å²) in [6, 6.07) is 1.54. The van der Waals surface area contributed by atoms with Crippen molar-refractivity contribution in [2.24, 2.45) is 0 Å². The lowest BCUT2D eigenvalue weighted by atomic mass is 10.2. The standard InChI is InChI=1S/C13H11ClF2N2OS/c1-6(2)11-5-20-13(17-11)18-12(19)7-3-9(15)10(16)4-8(7)14/h3-6H,1-2H3,(H,17,18,19). The van der Waals surface area contributed by atoms with E-state index in [0.717, 1.165) is 17.8 Å². The van der Waals surface area contributed by atoms with Crippen LogP contribution in [0.2, 0.25) is 5.02 Å². The molecule has 0 saturated carbocycles. The van der Waals surface area contributed by atoms with Crippen molar-refractivity contribution in [3.63, 3.8) is 0 Å². The van der Waals surface area contributed by atoms with Crippen LogP contribution in [0.4, 0.5) is 13.9 Å².